The van der Waals surface area contributed by atoms with Crippen LogP contribution in [-0.2, 0) is 0 Å². The lowest BCUT2D eigenvalue weighted by Gasteiger charge is -2.22. The minimum atomic E-state index is -0.0227. The quantitative estimate of drug-likeness (QED) is 0.125. The molecule has 284 valence electrons. The summed E-state index contributed by atoms with van der Waals surface area (Å²) in [4.78, 5) is 21.4. The molecule has 0 saturated carbocycles. The molecule has 0 radical (unpaired) electrons. The molecule has 0 spiro atoms. The van der Waals surface area contributed by atoms with Crippen molar-refractivity contribution in [1.29, 1.82) is 0 Å². The Morgan fingerprint density at radius 3 is 1.55 bits per heavy atom. The number of amidine groups is 1. The lowest BCUT2D eigenvalue weighted by Crippen LogP contribution is -2.17. The van der Waals surface area contributed by atoms with Gasteiger partial charge < -0.3 is 0 Å². The Kier molecular flexibility index (Phi) is 8.70. The van der Waals surface area contributed by atoms with Crippen LogP contribution in [-0.4, -0.2) is 21.5 Å². The van der Waals surface area contributed by atoms with E-state index < -0.39 is 0 Å². The molecule has 4 nitrogen and oxygen atoms in total. The van der Waals surface area contributed by atoms with Gasteiger partial charge in [0.05, 0.1) is 34.2 Å². The Labute approximate surface area is 349 Å². The van der Waals surface area contributed by atoms with Crippen LogP contribution < -0.4 is 0 Å². The number of pyridine rings is 2. The maximum atomic E-state index is 5.57. The minimum Gasteiger partial charge on any atom is -0.258 e. The fraction of sp³-hybridized carbons (Fsp3) is 0.0714. The number of aromatic nitrogens is 2. The zero-order valence-corrected chi connectivity index (χ0v) is 33.5. The summed E-state index contributed by atoms with van der Waals surface area (Å²) in [6.45, 7) is 4.55. The van der Waals surface area contributed by atoms with Crippen LogP contribution in [0.4, 0.5) is 0 Å². The molecule has 1 unspecified atom stereocenters. The molecule has 8 aromatic carbocycles. The molecule has 4 heteroatoms. The molecule has 0 amide bonds. The molecule has 10 aromatic rings. The van der Waals surface area contributed by atoms with Crippen molar-refractivity contribution >= 4 is 54.9 Å². The fourth-order valence-electron chi connectivity index (χ4n) is 9.26. The molecule has 0 aliphatic carbocycles. The first-order valence-electron chi connectivity index (χ1n) is 20.7. The molecule has 1 aliphatic heterocycles. The van der Waals surface area contributed by atoms with Crippen LogP contribution in [0.15, 0.2) is 198 Å². The molecule has 0 N–H and O–H groups in total. The average molecular weight is 769 g/mol. The highest BCUT2D eigenvalue weighted by molar-refractivity contribution is 6.25. The number of nitrogens with zero attached hydrogens (tertiary/aromatic N) is 4. The maximum Gasteiger partial charge on any atom is 0.155 e. The summed E-state index contributed by atoms with van der Waals surface area (Å²) >= 11 is 0. The van der Waals surface area contributed by atoms with Gasteiger partial charge in [-0.25, -0.2) is 15.0 Å². The van der Waals surface area contributed by atoms with Crippen LogP contribution >= 0.6 is 0 Å². The second-order valence-corrected chi connectivity index (χ2v) is 15.7. The van der Waals surface area contributed by atoms with Gasteiger partial charge in [-0.15, -0.1) is 0 Å². The number of aliphatic imine (C=N–C) groups is 2. The molecule has 60 heavy (non-hydrogen) atoms. The van der Waals surface area contributed by atoms with Crippen molar-refractivity contribution in [2.24, 2.45) is 9.98 Å². The van der Waals surface area contributed by atoms with Gasteiger partial charge >= 0.3 is 0 Å². The standard InChI is InChI=1S/C56H40N4/c1-35-50-44-28-15-16-29-46(44)57-54(39-22-11-5-12-23-39)52(50)36(2)51-45-31-30-42(33-49(45)58-55(53(35)51)40-24-13-6-14-25-40)41-26-17-27-43(32-41)56-59-47(37-18-7-3-8-19-37)34-48(60-56)38-20-9-4-10-21-38/h3-33,47H,34H2,1-2H3. The third kappa shape index (κ3) is 6.08. The summed E-state index contributed by atoms with van der Waals surface area (Å²) in [5, 5.41) is 7.09. The lowest BCUT2D eigenvalue weighted by molar-refractivity contribution is 0.753. The van der Waals surface area contributed by atoms with E-state index in [0.717, 1.165) is 84.5 Å². The van der Waals surface area contributed by atoms with Crippen molar-refractivity contribution in [2.45, 2.75) is 26.3 Å². The average Bonchev–Trinajstić information content (AvgIpc) is 3.33. The number of rotatable bonds is 6. The Morgan fingerprint density at radius 2 is 0.900 bits per heavy atom. The predicted molar refractivity (Wildman–Crippen MR) is 251 cm³/mol. The third-order valence-corrected chi connectivity index (χ3v) is 12.1. The normalized spacial score (nSPS) is 14.1. The SMILES string of the molecule is Cc1c2c(-c3ccccc3)nc3cc(-c4cccc(C5=NC(c6ccccc6)CC(c6ccccc6)=N5)c4)ccc3c2c(C)c2c(-c3ccccc3)nc3ccccc3c12. The molecular weight excluding hydrogens is 729 g/mol. The molecular formula is C56H40N4. The number of aryl methyl sites for hydroxylation is 2. The highest BCUT2D eigenvalue weighted by atomic mass is 15.0. The largest absolute Gasteiger partial charge is 0.258 e. The van der Waals surface area contributed by atoms with E-state index in [1.165, 1.54) is 38.2 Å². The Balaban J connectivity index is 1.13. The van der Waals surface area contributed by atoms with Crippen LogP contribution in [0.5, 0.6) is 0 Å². The van der Waals surface area contributed by atoms with Crippen LogP contribution in [0.3, 0.4) is 0 Å². The Hall–Kier alpha value is -7.56. The van der Waals surface area contributed by atoms with Gasteiger partial charge in [-0.1, -0.05) is 170 Å². The highest BCUT2D eigenvalue weighted by Crippen LogP contribution is 2.46. The van der Waals surface area contributed by atoms with Crippen molar-refractivity contribution in [1.82, 2.24) is 9.97 Å². The van der Waals surface area contributed by atoms with E-state index in [0.29, 0.717) is 0 Å². The third-order valence-electron chi connectivity index (χ3n) is 12.1. The van der Waals surface area contributed by atoms with E-state index in [2.05, 4.69) is 202 Å². The Morgan fingerprint density at radius 1 is 0.400 bits per heavy atom. The molecule has 1 aliphatic rings. The van der Waals surface area contributed by atoms with E-state index in [9.17, 15) is 0 Å². The number of para-hydroxylation sites is 1. The second-order valence-electron chi connectivity index (χ2n) is 15.7. The van der Waals surface area contributed by atoms with Gasteiger partial charge in [0.15, 0.2) is 5.84 Å². The van der Waals surface area contributed by atoms with Crippen LogP contribution in [0.25, 0.3) is 77.0 Å². The first kappa shape index (κ1) is 35.6. The molecule has 0 bridgehead atoms. The predicted octanol–water partition coefficient (Wildman–Crippen LogP) is 14.1. The molecule has 3 heterocycles. The van der Waals surface area contributed by atoms with Crippen molar-refractivity contribution in [3.63, 3.8) is 0 Å². The van der Waals surface area contributed by atoms with Gasteiger partial charge in [0, 0.05) is 44.7 Å². The minimum absolute atomic E-state index is 0.0227. The maximum absolute atomic E-state index is 5.57. The number of benzene rings is 8. The van der Waals surface area contributed by atoms with Crippen LogP contribution in [0.2, 0.25) is 0 Å². The number of fused-ring (bicyclic) bond motifs is 6. The summed E-state index contributed by atoms with van der Waals surface area (Å²) in [6.07, 6.45) is 0.749. The topological polar surface area (TPSA) is 50.5 Å². The highest BCUT2D eigenvalue weighted by Gasteiger charge is 2.24. The van der Waals surface area contributed by atoms with Gasteiger partial charge in [0.25, 0.3) is 0 Å². The molecule has 11 rings (SSSR count). The first-order chi connectivity index (χ1) is 29.6. The molecule has 2 aromatic heterocycles. The smallest absolute Gasteiger partial charge is 0.155 e. The van der Waals surface area contributed by atoms with E-state index in [4.69, 9.17) is 20.0 Å². The summed E-state index contributed by atoms with van der Waals surface area (Å²) in [5.41, 5.74) is 15.1. The molecule has 1 atom stereocenters. The van der Waals surface area contributed by atoms with Gasteiger partial charge in [0.1, 0.15) is 0 Å². The van der Waals surface area contributed by atoms with Gasteiger partial charge in [-0.2, -0.15) is 0 Å². The summed E-state index contributed by atoms with van der Waals surface area (Å²) in [6, 6.07) is 66.2. The van der Waals surface area contributed by atoms with Gasteiger partial charge in [0.2, 0.25) is 0 Å². The summed E-state index contributed by atoms with van der Waals surface area (Å²) < 4.78 is 0. The van der Waals surface area contributed by atoms with Crippen LogP contribution in [0, 0.1) is 13.8 Å². The van der Waals surface area contributed by atoms with Crippen LogP contribution in [0.1, 0.15) is 40.3 Å². The summed E-state index contributed by atoms with van der Waals surface area (Å²) in [7, 11) is 0. The van der Waals surface area contributed by atoms with E-state index in [1.54, 1.807) is 0 Å². The van der Waals surface area contributed by atoms with Crippen molar-refractivity contribution in [3.8, 4) is 33.6 Å². The second kappa shape index (κ2) is 14.7. The zero-order chi connectivity index (χ0) is 40.2. The zero-order valence-electron chi connectivity index (χ0n) is 33.5. The van der Waals surface area contributed by atoms with E-state index >= 15 is 0 Å². The van der Waals surface area contributed by atoms with Crippen molar-refractivity contribution < 1.29 is 0 Å². The van der Waals surface area contributed by atoms with Gasteiger partial charge in [-0.05, 0) is 76.2 Å². The van der Waals surface area contributed by atoms with Gasteiger partial charge in [-0.3, -0.25) is 4.99 Å². The molecule has 0 fully saturated rings. The first-order valence-corrected chi connectivity index (χ1v) is 20.7. The Bertz CT molecular complexity index is 3340. The van der Waals surface area contributed by atoms with E-state index in [-0.39, 0.29) is 6.04 Å². The van der Waals surface area contributed by atoms with Crippen molar-refractivity contribution in [3.05, 3.63) is 216 Å². The lowest BCUT2D eigenvalue weighted by atomic mass is 9.85. The van der Waals surface area contributed by atoms with E-state index in [1.807, 2.05) is 0 Å². The number of hydrogen-bond acceptors (Lipinski definition) is 4. The molecule has 0 saturated heterocycles. The monoisotopic (exact) mass is 768 g/mol. The fourth-order valence-corrected chi connectivity index (χ4v) is 9.26. The number of hydrogen-bond donors (Lipinski definition) is 0. The van der Waals surface area contributed by atoms with Crippen molar-refractivity contribution in [2.75, 3.05) is 0 Å². The summed E-state index contributed by atoms with van der Waals surface area (Å²) in [5.74, 6) is 0.750.